The SMILES string of the molecule is CCC(C[N+](C)(C)C)OF. The molecule has 0 aromatic carbocycles. The van der Waals surface area contributed by atoms with Gasteiger partial charge in [-0.1, -0.05) is 6.92 Å². The first-order valence-electron chi connectivity index (χ1n) is 3.57. The molecule has 2 nitrogen and oxygen atoms in total. The van der Waals surface area contributed by atoms with E-state index in [1.54, 1.807) is 0 Å². The molecule has 0 heterocycles. The number of quaternary nitrogens is 1. The maximum atomic E-state index is 11.7. The fourth-order valence-electron chi connectivity index (χ4n) is 0.831. The summed E-state index contributed by atoms with van der Waals surface area (Å²) in [5, 5.41) is 0. The number of hydrogen-bond donors (Lipinski definition) is 0. The van der Waals surface area contributed by atoms with Crippen LogP contribution in [0.5, 0.6) is 0 Å². The molecule has 0 amide bonds. The summed E-state index contributed by atoms with van der Waals surface area (Å²) >= 11 is 0. The number of likely N-dealkylation sites (N-methyl/N-ethyl adjacent to an activating group) is 1. The average molecular weight is 150 g/mol. The van der Waals surface area contributed by atoms with Crippen LogP contribution >= 0.6 is 0 Å². The molecule has 10 heavy (non-hydrogen) atoms. The van der Waals surface area contributed by atoms with E-state index >= 15 is 0 Å². The highest BCUT2D eigenvalue weighted by Crippen LogP contribution is 2.03. The van der Waals surface area contributed by atoms with E-state index in [1.165, 1.54) is 0 Å². The van der Waals surface area contributed by atoms with E-state index in [1.807, 2.05) is 28.1 Å². The quantitative estimate of drug-likeness (QED) is 0.550. The van der Waals surface area contributed by atoms with Gasteiger partial charge in [0.2, 0.25) is 0 Å². The van der Waals surface area contributed by atoms with Crippen molar-refractivity contribution in [3.8, 4) is 0 Å². The molecule has 0 radical (unpaired) electrons. The summed E-state index contributed by atoms with van der Waals surface area (Å²) in [5.41, 5.74) is 0. The summed E-state index contributed by atoms with van der Waals surface area (Å²) in [7, 11) is 6.05. The third kappa shape index (κ3) is 4.70. The van der Waals surface area contributed by atoms with Gasteiger partial charge in [-0.25, -0.2) is 0 Å². The Bertz CT molecular complexity index is 86.1. The standard InChI is InChI=1S/C7H17FNO/c1-5-7(10-8)6-9(2,3)4/h7H,5-6H2,1-4H3/q+1. The molecular formula is C7H17FNO+. The van der Waals surface area contributed by atoms with Crippen molar-refractivity contribution in [2.75, 3.05) is 27.7 Å². The molecule has 1 unspecified atom stereocenters. The molecule has 62 valence electrons. The van der Waals surface area contributed by atoms with Gasteiger partial charge in [0, 0.05) is 0 Å². The molecule has 1 atom stereocenters. The average Bonchev–Trinajstić information content (AvgIpc) is 1.81. The third-order valence-electron chi connectivity index (χ3n) is 1.33. The van der Waals surface area contributed by atoms with Crippen LogP contribution in [0.3, 0.4) is 0 Å². The second kappa shape index (κ2) is 3.88. The van der Waals surface area contributed by atoms with Crippen LogP contribution in [0.1, 0.15) is 13.3 Å². The first-order chi connectivity index (χ1) is 4.49. The van der Waals surface area contributed by atoms with E-state index in [-0.39, 0.29) is 6.10 Å². The monoisotopic (exact) mass is 150 g/mol. The van der Waals surface area contributed by atoms with E-state index in [4.69, 9.17) is 0 Å². The maximum absolute atomic E-state index is 11.7. The predicted octanol–water partition coefficient (Wildman–Crippen LogP) is 1.37. The van der Waals surface area contributed by atoms with Crippen LogP contribution in [0, 0.1) is 0 Å². The Hall–Kier alpha value is -0.150. The smallest absolute Gasteiger partial charge is 0.147 e. The molecule has 0 saturated heterocycles. The minimum atomic E-state index is -0.250. The van der Waals surface area contributed by atoms with Gasteiger partial charge >= 0.3 is 0 Å². The topological polar surface area (TPSA) is 9.23 Å². The highest BCUT2D eigenvalue weighted by atomic mass is 19.3. The van der Waals surface area contributed by atoms with E-state index < -0.39 is 0 Å². The van der Waals surface area contributed by atoms with Crippen LogP contribution < -0.4 is 0 Å². The minimum Gasteiger partial charge on any atom is -0.329 e. The predicted molar refractivity (Wildman–Crippen MR) is 39.2 cm³/mol. The van der Waals surface area contributed by atoms with Crippen molar-refractivity contribution in [3.63, 3.8) is 0 Å². The van der Waals surface area contributed by atoms with Gasteiger partial charge in [0.1, 0.15) is 12.6 Å². The first-order valence-corrected chi connectivity index (χ1v) is 3.57. The minimum absolute atomic E-state index is 0.250. The second-order valence-electron chi connectivity index (χ2n) is 3.59. The Morgan fingerprint density at radius 3 is 2.00 bits per heavy atom. The van der Waals surface area contributed by atoms with Crippen molar-refractivity contribution < 1.29 is 14.0 Å². The summed E-state index contributed by atoms with van der Waals surface area (Å²) in [6.07, 6.45) is 0.478. The normalized spacial score (nSPS) is 15.3. The van der Waals surface area contributed by atoms with Gasteiger partial charge < -0.3 is 4.48 Å². The Balaban J connectivity index is 3.63. The van der Waals surface area contributed by atoms with Gasteiger partial charge in [-0.2, -0.15) is 4.94 Å². The second-order valence-corrected chi connectivity index (χ2v) is 3.59. The van der Waals surface area contributed by atoms with Crippen molar-refractivity contribution >= 4 is 0 Å². The molecule has 0 bridgehead atoms. The zero-order valence-electron chi connectivity index (χ0n) is 7.22. The summed E-state index contributed by atoms with van der Waals surface area (Å²) in [6.45, 7) is 2.63. The van der Waals surface area contributed by atoms with Gasteiger partial charge in [0.15, 0.2) is 0 Å². The molecular weight excluding hydrogens is 133 g/mol. The molecule has 0 saturated carbocycles. The number of hydrogen-bond acceptors (Lipinski definition) is 1. The van der Waals surface area contributed by atoms with Crippen LogP contribution in [0.4, 0.5) is 4.53 Å². The maximum Gasteiger partial charge on any atom is 0.147 e. The van der Waals surface area contributed by atoms with E-state index in [0.29, 0.717) is 6.54 Å². The molecule has 0 aliphatic heterocycles. The third-order valence-corrected chi connectivity index (χ3v) is 1.33. The highest BCUT2D eigenvalue weighted by Gasteiger charge is 2.16. The molecule has 0 N–H and O–H groups in total. The van der Waals surface area contributed by atoms with Gasteiger partial charge in [-0.15, -0.1) is 0 Å². The zero-order chi connectivity index (χ0) is 8.20. The summed E-state index contributed by atoms with van der Waals surface area (Å²) in [6, 6.07) is 0. The zero-order valence-corrected chi connectivity index (χ0v) is 7.22. The van der Waals surface area contributed by atoms with E-state index in [2.05, 4.69) is 4.94 Å². The first kappa shape index (κ1) is 9.85. The van der Waals surface area contributed by atoms with E-state index in [9.17, 15) is 4.53 Å². The molecule has 0 aliphatic carbocycles. The molecule has 0 rings (SSSR count). The van der Waals surface area contributed by atoms with Gasteiger partial charge in [0.25, 0.3) is 0 Å². The largest absolute Gasteiger partial charge is 0.329 e. The molecule has 0 aromatic heterocycles. The van der Waals surface area contributed by atoms with E-state index in [0.717, 1.165) is 10.9 Å². The van der Waals surface area contributed by atoms with Crippen LogP contribution in [0.25, 0.3) is 0 Å². The Kier molecular flexibility index (Phi) is 3.83. The van der Waals surface area contributed by atoms with Crippen LogP contribution in [-0.2, 0) is 4.94 Å². The lowest BCUT2D eigenvalue weighted by Crippen LogP contribution is -2.41. The van der Waals surface area contributed by atoms with Crippen LogP contribution in [0.2, 0.25) is 0 Å². The fraction of sp³-hybridized carbons (Fsp3) is 1.00. The lowest BCUT2D eigenvalue weighted by molar-refractivity contribution is -0.874. The lowest BCUT2D eigenvalue weighted by atomic mass is 10.2. The summed E-state index contributed by atoms with van der Waals surface area (Å²) in [5.74, 6) is 0. The van der Waals surface area contributed by atoms with Crippen molar-refractivity contribution in [2.24, 2.45) is 0 Å². The number of nitrogens with zero attached hydrogens (tertiary/aromatic N) is 1. The lowest BCUT2D eigenvalue weighted by Gasteiger charge is -2.26. The van der Waals surface area contributed by atoms with Gasteiger partial charge in [-0.3, -0.25) is 0 Å². The molecule has 0 aliphatic rings. The van der Waals surface area contributed by atoms with Crippen LogP contribution in [-0.4, -0.2) is 38.3 Å². The van der Waals surface area contributed by atoms with Gasteiger partial charge in [-0.05, 0) is 10.9 Å². The molecule has 0 aromatic rings. The molecule has 3 heteroatoms. The Morgan fingerprint density at radius 2 is 1.90 bits per heavy atom. The number of rotatable bonds is 4. The summed E-state index contributed by atoms with van der Waals surface area (Å²) in [4.78, 5) is 3.76. The highest BCUT2D eigenvalue weighted by molar-refractivity contribution is 4.49. The molecule has 0 fully saturated rings. The van der Waals surface area contributed by atoms with Crippen molar-refractivity contribution in [2.45, 2.75) is 19.4 Å². The van der Waals surface area contributed by atoms with Crippen molar-refractivity contribution in [3.05, 3.63) is 0 Å². The van der Waals surface area contributed by atoms with Crippen LogP contribution in [0.15, 0.2) is 0 Å². The fourth-order valence-corrected chi connectivity index (χ4v) is 0.831. The van der Waals surface area contributed by atoms with Crippen molar-refractivity contribution in [1.82, 2.24) is 0 Å². The molecule has 0 spiro atoms. The van der Waals surface area contributed by atoms with Gasteiger partial charge in [0.05, 0.1) is 21.1 Å². The Morgan fingerprint density at radius 1 is 1.40 bits per heavy atom. The Labute approximate surface area is 62.1 Å². The summed E-state index contributed by atoms with van der Waals surface area (Å²) < 4.78 is 12.4. The van der Waals surface area contributed by atoms with Crippen molar-refractivity contribution in [1.29, 1.82) is 0 Å². The number of halogens is 1.